The van der Waals surface area contributed by atoms with Crippen LogP contribution in [0.3, 0.4) is 0 Å². The van der Waals surface area contributed by atoms with E-state index in [0.29, 0.717) is 0 Å². The van der Waals surface area contributed by atoms with Gasteiger partial charge in [-0.15, -0.1) is 71.9 Å². The Balaban J connectivity index is -0.00000000167. The van der Waals surface area contributed by atoms with Crippen molar-refractivity contribution in [2.24, 2.45) is 0 Å². The molecule has 0 aliphatic heterocycles. The summed E-state index contributed by atoms with van der Waals surface area (Å²) in [5.74, 6) is 0. The van der Waals surface area contributed by atoms with Gasteiger partial charge in [0.1, 0.15) is 9.12 Å². The minimum atomic E-state index is 0. The first-order valence-corrected chi connectivity index (χ1v) is 0.612. The van der Waals surface area contributed by atoms with Crippen LogP contribution in [-0.2, 0) is 4.57 Å². The van der Waals surface area contributed by atoms with Crippen LogP contribution in [0.5, 0.6) is 0 Å². The van der Waals surface area contributed by atoms with Crippen molar-refractivity contribution in [2.45, 2.75) is 0 Å². The Hall–Kier alpha value is 2.29. The van der Waals surface area contributed by atoms with Crippen LogP contribution in [0.4, 0.5) is 0 Å². The molecule has 0 aromatic carbocycles. The minimum Gasteiger partial charge on any atom is -0.279 e. The molecule has 5 heteroatoms. The monoisotopic (exact) mass is 432 g/mol. The lowest BCUT2D eigenvalue weighted by atomic mass is 16.0. The standard InChI is InChI=1S/3HI.HOP/c;;;1-2/h3*1H;2H. The molecule has 0 heterocycles. The summed E-state index contributed by atoms with van der Waals surface area (Å²) in [6.45, 7) is 0. The van der Waals surface area contributed by atoms with Gasteiger partial charge in [-0.3, -0.25) is 4.57 Å². The van der Waals surface area contributed by atoms with E-state index in [-0.39, 0.29) is 71.9 Å². The van der Waals surface area contributed by atoms with Gasteiger partial charge in [-0.05, 0) is 0 Å². The third kappa shape index (κ3) is 22.1. The first kappa shape index (κ1) is 26.6. The number of halogens is 3. The summed E-state index contributed by atoms with van der Waals surface area (Å²) >= 11 is 0. The SMILES string of the molecule is I.I.I.O=P. The fraction of sp³-hybridized carbons (Fsp3) is 0. The van der Waals surface area contributed by atoms with E-state index in [4.69, 9.17) is 4.57 Å². The van der Waals surface area contributed by atoms with Crippen molar-refractivity contribution in [1.82, 2.24) is 0 Å². The van der Waals surface area contributed by atoms with Crippen molar-refractivity contribution in [3.8, 4) is 0 Å². The van der Waals surface area contributed by atoms with Gasteiger partial charge in [0, 0.05) is 0 Å². The van der Waals surface area contributed by atoms with Gasteiger partial charge in [0.15, 0.2) is 0 Å². The van der Waals surface area contributed by atoms with Gasteiger partial charge in [-0.1, -0.05) is 0 Å². The van der Waals surface area contributed by atoms with Crippen LogP contribution in [0.1, 0.15) is 0 Å². The molecule has 0 aliphatic carbocycles. The summed E-state index contributed by atoms with van der Waals surface area (Å²) in [5, 5.41) is 0. The van der Waals surface area contributed by atoms with Crippen LogP contribution < -0.4 is 0 Å². The van der Waals surface area contributed by atoms with Crippen molar-refractivity contribution in [2.75, 3.05) is 0 Å². The Bertz CT molecular complexity index is 6.85. The second-order valence-corrected chi connectivity index (χ2v) is 0. The average molecular weight is 432 g/mol. The molecule has 0 unspecified atom stereocenters. The van der Waals surface area contributed by atoms with Gasteiger partial charge in [-0.2, -0.15) is 0 Å². The van der Waals surface area contributed by atoms with Crippen LogP contribution in [-0.4, -0.2) is 0 Å². The number of hydrogen-bond donors (Lipinski definition) is 0. The summed E-state index contributed by atoms with van der Waals surface area (Å²) in [6, 6.07) is 0. The molecule has 0 amide bonds. The number of hydrogen-bond acceptors (Lipinski definition) is 1. The van der Waals surface area contributed by atoms with E-state index >= 15 is 0 Å². The van der Waals surface area contributed by atoms with Crippen molar-refractivity contribution in [3.63, 3.8) is 0 Å². The van der Waals surface area contributed by atoms with Gasteiger partial charge in [-0.25, -0.2) is 0 Å². The van der Waals surface area contributed by atoms with E-state index in [1.807, 2.05) is 0 Å². The molecule has 0 aromatic heterocycles. The lowest BCUT2D eigenvalue weighted by Gasteiger charge is -0.807. The molecule has 0 aliphatic rings. The summed E-state index contributed by atoms with van der Waals surface area (Å²) in [4.78, 5) is 0. The third-order valence-electron chi connectivity index (χ3n) is 0. The van der Waals surface area contributed by atoms with Gasteiger partial charge in [0.25, 0.3) is 0 Å². The van der Waals surface area contributed by atoms with Crippen LogP contribution in [0.25, 0.3) is 0 Å². The highest BCUT2D eigenvalue weighted by Crippen LogP contribution is 1.23. The van der Waals surface area contributed by atoms with E-state index in [1.165, 1.54) is 0 Å². The maximum Gasteiger partial charge on any atom is 0.138 e. The second-order valence-electron chi connectivity index (χ2n) is 0. The topological polar surface area (TPSA) is 17.1 Å². The molecular weight excluding hydrogens is 428 g/mol. The van der Waals surface area contributed by atoms with Crippen molar-refractivity contribution >= 4 is 81.0 Å². The van der Waals surface area contributed by atoms with E-state index in [2.05, 4.69) is 0 Å². The molecule has 0 fully saturated rings. The fourth-order valence-electron chi connectivity index (χ4n) is 0. The van der Waals surface area contributed by atoms with E-state index in [1.54, 1.807) is 9.12 Å². The van der Waals surface area contributed by atoms with Crippen LogP contribution in [0, 0.1) is 0 Å². The Morgan fingerprint density at radius 1 is 0.800 bits per heavy atom. The molecule has 0 saturated heterocycles. The normalized spacial score (nSPS) is 0.800. The Morgan fingerprint density at radius 2 is 0.800 bits per heavy atom. The van der Waals surface area contributed by atoms with Crippen molar-refractivity contribution < 1.29 is 4.57 Å². The number of rotatable bonds is 0. The summed E-state index contributed by atoms with van der Waals surface area (Å²) in [5.41, 5.74) is 0. The van der Waals surface area contributed by atoms with Gasteiger partial charge < -0.3 is 0 Å². The summed E-state index contributed by atoms with van der Waals surface area (Å²) < 4.78 is 8.06. The average Bonchev–Trinajstić information content (AvgIpc) is 1.00. The molecule has 5 heavy (non-hydrogen) atoms. The molecule has 0 bridgehead atoms. The first-order chi connectivity index (χ1) is 1.00. The van der Waals surface area contributed by atoms with E-state index < -0.39 is 0 Å². The molecular formula is H4I3OP. The Kier molecular flexibility index (Phi) is 179. The molecule has 0 rings (SSSR count). The molecule has 0 aromatic rings. The minimum absolute atomic E-state index is 0. The van der Waals surface area contributed by atoms with Crippen LogP contribution >= 0.6 is 81.0 Å². The molecule has 1 nitrogen and oxygen atoms in total. The fourth-order valence-corrected chi connectivity index (χ4v) is 0. The Labute approximate surface area is 84.3 Å². The molecule has 0 spiro atoms. The smallest absolute Gasteiger partial charge is 0.138 e. The molecule has 36 valence electrons. The van der Waals surface area contributed by atoms with Gasteiger partial charge in [0.05, 0.1) is 0 Å². The molecule has 0 N–H and O–H groups in total. The molecule has 0 atom stereocenters. The van der Waals surface area contributed by atoms with E-state index in [9.17, 15) is 0 Å². The van der Waals surface area contributed by atoms with Crippen LogP contribution in [0.15, 0.2) is 0 Å². The zero-order chi connectivity index (χ0) is 2.00. The van der Waals surface area contributed by atoms with Crippen molar-refractivity contribution in [1.29, 1.82) is 0 Å². The van der Waals surface area contributed by atoms with Crippen LogP contribution in [0.2, 0.25) is 0 Å². The second kappa shape index (κ2) is 33.6. The predicted molar refractivity (Wildman–Crippen MR) is 55.2 cm³/mol. The zero-order valence-corrected chi connectivity index (χ0v) is 10.1. The van der Waals surface area contributed by atoms with E-state index in [0.717, 1.165) is 0 Å². The zero-order valence-electron chi connectivity index (χ0n) is 2.13. The summed E-state index contributed by atoms with van der Waals surface area (Å²) in [6.07, 6.45) is 0. The highest BCUT2D eigenvalue weighted by Gasteiger charge is 0.667. The van der Waals surface area contributed by atoms with Gasteiger partial charge >= 0.3 is 0 Å². The maximum absolute atomic E-state index is 8.06. The Morgan fingerprint density at radius 3 is 0.800 bits per heavy atom. The largest absolute Gasteiger partial charge is 0.279 e. The highest BCUT2D eigenvalue weighted by molar-refractivity contribution is 14.0. The lowest BCUT2D eigenvalue weighted by molar-refractivity contribution is 0.607. The third-order valence-corrected chi connectivity index (χ3v) is 0. The highest BCUT2D eigenvalue weighted by atomic mass is 127. The first-order valence-electron chi connectivity index (χ1n) is 0.204. The molecule has 0 saturated carbocycles. The molecule has 0 radical (unpaired) electrons. The lowest BCUT2D eigenvalue weighted by Crippen LogP contribution is -0.489. The maximum atomic E-state index is 8.06. The quantitative estimate of drug-likeness (QED) is 0.425. The summed E-state index contributed by atoms with van der Waals surface area (Å²) in [7, 11) is 1.72. The van der Waals surface area contributed by atoms with Gasteiger partial charge in [0.2, 0.25) is 0 Å². The predicted octanol–water partition coefficient (Wildman–Crippen LogP) is 2.33. The van der Waals surface area contributed by atoms with Crippen molar-refractivity contribution in [3.05, 3.63) is 0 Å².